The molecule has 4 heteroatoms. The summed E-state index contributed by atoms with van der Waals surface area (Å²) in [6.07, 6.45) is 1.41. The van der Waals surface area contributed by atoms with Gasteiger partial charge in [-0.2, -0.15) is 0 Å². The Morgan fingerprint density at radius 3 is 2.50 bits per heavy atom. The number of halogens is 1. The van der Waals surface area contributed by atoms with Gasteiger partial charge in [-0.05, 0) is 36.5 Å². The van der Waals surface area contributed by atoms with Crippen LogP contribution in [0, 0.1) is 12.3 Å². The molecule has 0 saturated heterocycles. The molecule has 0 spiro atoms. The lowest BCUT2D eigenvalue weighted by atomic mass is 9.90. The molecule has 0 heterocycles. The van der Waals surface area contributed by atoms with Crippen molar-refractivity contribution in [2.75, 3.05) is 11.1 Å². The summed E-state index contributed by atoms with van der Waals surface area (Å²) in [6, 6.07) is 5.54. The SMILES string of the molecule is Cc1ccc(N)cc1NC(=O)CCC(C)(C)C.Cl. The van der Waals surface area contributed by atoms with Gasteiger partial charge in [0.25, 0.3) is 0 Å². The summed E-state index contributed by atoms with van der Waals surface area (Å²) in [5.41, 5.74) is 8.39. The van der Waals surface area contributed by atoms with Crippen molar-refractivity contribution >= 4 is 29.7 Å². The third-order valence-corrected chi connectivity index (χ3v) is 2.64. The molecule has 0 bridgehead atoms. The largest absolute Gasteiger partial charge is 0.399 e. The fraction of sp³-hybridized carbons (Fsp3) is 0.500. The van der Waals surface area contributed by atoms with E-state index < -0.39 is 0 Å². The topological polar surface area (TPSA) is 55.1 Å². The first-order valence-corrected chi connectivity index (χ1v) is 5.94. The van der Waals surface area contributed by atoms with E-state index in [1.54, 1.807) is 6.07 Å². The molecule has 3 N–H and O–H groups in total. The van der Waals surface area contributed by atoms with Crippen molar-refractivity contribution < 1.29 is 4.79 Å². The second-order valence-electron chi connectivity index (χ2n) is 5.68. The average molecular weight is 271 g/mol. The summed E-state index contributed by atoms with van der Waals surface area (Å²) >= 11 is 0. The van der Waals surface area contributed by atoms with Crippen molar-refractivity contribution in [2.45, 2.75) is 40.5 Å². The first kappa shape index (κ1) is 16.8. The monoisotopic (exact) mass is 270 g/mol. The predicted molar refractivity (Wildman–Crippen MR) is 80.2 cm³/mol. The molecule has 0 aliphatic rings. The van der Waals surface area contributed by atoms with E-state index in [0.29, 0.717) is 12.1 Å². The van der Waals surface area contributed by atoms with Crippen LogP contribution in [0.1, 0.15) is 39.2 Å². The smallest absolute Gasteiger partial charge is 0.224 e. The summed E-state index contributed by atoms with van der Waals surface area (Å²) in [7, 11) is 0. The van der Waals surface area contributed by atoms with E-state index in [0.717, 1.165) is 17.7 Å². The molecule has 0 saturated carbocycles. The minimum Gasteiger partial charge on any atom is -0.399 e. The summed E-state index contributed by atoms with van der Waals surface area (Å²) in [4.78, 5) is 11.8. The van der Waals surface area contributed by atoms with E-state index >= 15 is 0 Å². The normalized spacial score (nSPS) is 10.7. The Morgan fingerprint density at radius 2 is 1.94 bits per heavy atom. The van der Waals surface area contributed by atoms with Gasteiger partial charge in [-0.15, -0.1) is 12.4 Å². The standard InChI is InChI=1S/C14H22N2O.ClH/c1-10-5-6-11(15)9-12(10)16-13(17)7-8-14(2,3)4;/h5-6,9H,7-8,15H2,1-4H3,(H,16,17);1H. The highest BCUT2D eigenvalue weighted by molar-refractivity contribution is 5.92. The molecule has 1 aromatic rings. The van der Waals surface area contributed by atoms with Crippen molar-refractivity contribution in [2.24, 2.45) is 5.41 Å². The van der Waals surface area contributed by atoms with Crippen LogP contribution in [0.4, 0.5) is 11.4 Å². The zero-order valence-corrected chi connectivity index (χ0v) is 12.4. The first-order valence-electron chi connectivity index (χ1n) is 5.94. The van der Waals surface area contributed by atoms with Gasteiger partial charge in [-0.3, -0.25) is 4.79 Å². The highest BCUT2D eigenvalue weighted by atomic mass is 35.5. The number of hydrogen-bond donors (Lipinski definition) is 2. The lowest BCUT2D eigenvalue weighted by molar-refractivity contribution is -0.116. The summed E-state index contributed by atoms with van der Waals surface area (Å²) in [5.74, 6) is 0.0497. The zero-order chi connectivity index (χ0) is 13.1. The molecule has 0 aliphatic heterocycles. The molecule has 1 aromatic carbocycles. The number of nitrogen functional groups attached to an aromatic ring is 1. The molecule has 0 aliphatic carbocycles. The minimum atomic E-state index is 0. The molecule has 0 radical (unpaired) electrons. The number of amides is 1. The highest BCUT2D eigenvalue weighted by Crippen LogP contribution is 2.22. The molecule has 1 rings (SSSR count). The van der Waals surface area contributed by atoms with E-state index in [2.05, 4.69) is 26.1 Å². The number of carbonyl (C=O) groups excluding carboxylic acids is 1. The third-order valence-electron chi connectivity index (χ3n) is 2.64. The highest BCUT2D eigenvalue weighted by Gasteiger charge is 2.13. The Kier molecular flexibility index (Phi) is 6.19. The van der Waals surface area contributed by atoms with Crippen LogP contribution in [0.2, 0.25) is 0 Å². The Bertz CT molecular complexity index is 411. The zero-order valence-electron chi connectivity index (χ0n) is 11.5. The van der Waals surface area contributed by atoms with Crippen LogP contribution in [0.15, 0.2) is 18.2 Å². The number of aryl methyl sites for hydroxylation is 1. The maximum absolute atomic E-state index is 11.8. The van der Waals surface area contributed by atoms with Crippen molar-refractivity contribution in [3.8, 4) is 0 Å². The minimum absolute atomic E-state index is 0. The Labute approximate surface area is 116 Å². The van der Waals surface area contributed by atoms with Crippen molar-refractivity contribution in [3.05, 3.63) is 23.8 Å². The second-order valence-corrected chi connectivity index (χ2v) is 5.68. The second kappa shape index (κ2) is 6.64. The number of benzene rings is 1. The molecule has 0 atom stereocenters. The molecule has 1 amide bonds. The first-order chi connectivity index (χ1) is 7.78. The summed E-state index contributed by atoms with van der Waals surface area (Å²) < 4.78 is 0. The van der Waals surface area contributed by atoms with Gasteiger partial charge < -0.3 is 11.1 Å². The Balaban J connectivity index is 0.00000289. The Morgan fingerprint density at radius 1 is 1.33 bits per heavy atom. The predicted octanol–water partition coefficient (Wildman–Crippen LogP) is 3.76. The van der Waals surface area contributed by atoms with Crippen molar-refractivity contribution in [3.63, 3.8) is 0 Å². The molecule has 18 heavy (non-hydrogen) atoms. The number of rotatable bonds is 3. The van der Waals surface area contributed by atoms with Gasteiger partial charge in [0, 0.05) is 17.8 Å². The average Bonchev–Trinajstić information content (AvgIpc) is 2.20. The summed E-state index contributed by atoms with van der Waals surface area (Å²) in [5, 5.41) is 2.90. The van der Waals surface area contributed by atoms with Crippen LogP contribution in [-0.2, 0) is 4.79 Å². The van der Waals surface area contributed by atoms with Crippen LogP contribution in [-0.4, -0.2) is 5.91 Å². The van der Waals surface area contributed by atoms with E-state index in [9.17, 15) is 4.79 Å². The van der Waals surface area contributed by atoms with E-state index in [4.69, 9.17) is 5.73 Å². The number of carbonyl (C=O) groups is 1. The van der Waals surface area contributed by atoms with Crippen LogP contribution in [0.25, 0.3) is 0 Å². The van der Waals surface area contributed by atoms with E-state index in [1.807, 2.05) is 19.1 Å². The van der Waals surface area contributed by atoms with Gasteiger partial charge in [-0.25, -0.2) is 0 Å². The maximum atomic E-state index is 11.8. The fourth-order valence-corrected chi connectivity index (χ4v) is 1.48. The van der Waals surface area contributed by atoms with E-state index in [1.165, 1.54) is 0 Å². The molecule has 0 unspecified atom stereocenters. The molecule has 0 fully saturated rings. The van der Waals surface area contributed by atoms with Crippen LogP contribution >= 0.6 is 12.4 Å². The van der Waals surface area contributed by atoms with Gasteiger partial charge in [0.2, 0.25) is 5.91 Å². The molecular weight excluding hydrogens is 248 g/mol. The number of anilines is 2. The lowest BCUT2D eigenvalue weighted by Gasteiger charge is -2.17. The number of hydrogen-bond acceptors (Lipinski definition) is 2. The fourth-order valence-electron chi connectivity index (χ4n) is 1.48. The molecule has 3 nitrogen and oxygen atoms in total. The van der Waals surface area contributed by atoms with Crippen LogP contribution in [0.5, 0.6) is 0 Å². The lowest BCUT2D eigenvalue weighted by Crippen LogP contribution is -2.16. The van der Waals surface area contributed by atoms with Gasteiger partial charge in [0.05, 0.1) is 0 Å². The van der Waals surface area contributed by atoms with Crippen LogP contribution < -0.4 is 11.1 Å². The third kappa shape index (κ3) is 5.92. The van der Waals surface area contributed by atoms with Crippen molar-refractivity contribution in [1.29, 1.82) is 0 Å². The Hall–Kier alpha value is -1.22. The maximum Gasteiger partial charge on any atom is 0.224 e. The van der Waals surface area contributed by atoms with Gasteiger partial charge >= 0.3 is 0 Å². The van der Waals surface area contributed by atoms with Gasteiger partial charge in [0.1, 0.15) is 0 Å². The molecule has 0 aromatic heterocycles. The van der Waals surface area contributed by atoms with Crippen molar-refractivity contribution in [1.82, 2.24) is 0 Å². The summed E-state index contributed by atoms with van der Waals surface area (Å²) in [6.45, 7) is 8.35. The van der Waals surface area contributed by atoms with Gasteiger partial charge in [-0.1, -0.05) is 26.8 Å². The van der Waals surface area contributed by atoms with E-state index in [-0.39, 0.29) is 23.7 Å². The number of nitrogens with one attached hydrogen (secondary N) is 1. The van der Waals surface area contributed by atoms with Gasteiger partial charge in [0.15, 0.2) is 0 Å². The quantitative estimate of drug-likeness (QED) is 0.822. The number of nitrogens with two attached hydrogens (primary N) is 1. The van der Waals surface area contributed by atoms with Crippen LogP contribution in [0.3, 0.4) is 0 Å². The molecular formula is C14H23ClN2O. The molecule has 102 valence electrons.